The zero-order valence-corrected chi connectivity index (χ0v) is 16.8. The van der Waals surface area contributed by atoms with Crippen LogP contribution in [-0.2, 0) is 17.6 Å². The van der Waals surface area contributed by atoms with Gasteiger partial charge in [-0.2, -0.15) is 0 Å². The van der Waals surface area contributed by atoms with Gasteiger partial charge in [-0.1, -0.05) is 43.3 Å². The van der Waals surface area contributed by atoms with Gasteiger partial charge in [0.15, 0.2) is 0 Å². The number of benzene rings is 2. The Morgan fingerprint density at radius 1 is 1.14 bits per heavy atom. The minimum absolute atomic E-state index is 0.267. The first-order valence-electron chi connectivity index (χ1n) is 10.4. The predicted octanol–water partition coefficient (Wildman–Crippen LogP) is 4.64. The second kappa shape index (κ2) is 8.32. The SMILES string of the molecule is COC(=O)c1ccc2c(c1)CCC(C)C=C2c1ccc(CC2CCNC2)cc1. The zero-order chi connectivity index (χ0) is 19.5. The van der Waals surface area contributed by atoms with E-state index in [0.29, 0.717) is 11.5 Å². The Hall–Kier alpha value is -2.39. The molecule has 0 bridgehead atoms. The molecule has 3 nitrogen and oxygen atoms in total. The van der Waals surface area contributed by atoms with E-state index in [-0.39, 0.29) is 5.97 Å². The summed E-state index contributed by atoms with van der Waals surface area (Å²) >= 11 is 0. The highest BCUT2D eigenvalue weighted by Crippen LogP contribution is 2.34. The second-order valence-corrected chi connectivity index (χ2v) is 8.22. The average molecular weight is 376 g/mol. The lowest BCUT2D eigenvalue weighted by Gasteiger charge is -2.14. The summed E-state index contributed by atoms with van der Waals surface area (Å²) in [4.78, 5) is 11.9. The molecule has 1 fully saturated rings. The summed E-state index contributed by atoms with van der Waals surface area (Å²) < 4.78 is 4.90. The molecule has 28 heavy (non-hydrogen) atoms. The van der Waals surface area contributed by atoms with Gasteiger partial charge in [0, 0.05) is 0 Å². The van der Waals surface area contributed by atoms with E-state index in [9.17, 15) is 4.79 Å². The molecule has 1 aliphatic heterocycles. The molecule has 2 unspecified atom stereocenters. The highest BCUT2D eigenvalue weighted by molar-refractivity contribution is 5.91. The molecule has 2 atom stereocenters. The van der Waals surface area contributed by atoms with E-state index in [1.807, 2.05) is 12.1 Å². The van der Waals surface area contributed by atoms with Crippen molar-refractivity contribution in [2.45, 2.75) is 32.6 Å². The molecular formula is C25H29NO2. The lowest BCUT2D eigenvalue weighted by molar-refractivity contribution is 0.0600. The number of esters is 1. The van der Waals surface area contributed by atoms with Gasteiger partial charge in [0.05, 0.1) is 12.7 Å². The summed E-state index contributed by atoms with van der Waals surface area (Å²) in [6.07, 6.45) is 6.89. The molecule has 2 aromatic rings. The highest BCUT2D eigenvalue weighted by Gasteiger charge is 2.19. The summed E-state index contributed by atoms with van der Waals surface area (Å²) in [5, 5.41) is 3.45. The van der Waals surface area contributed by atoms with Crippen molar-refractivity contribution in [3.63, 3.8) is 0 Å². The van der Waals surface area contributed by atoms with Crippen molar-refractivity contribution in [1.29, 1.82) is 0 Å². The normalized spacial score (nSPS) is 21.6. The average Bonchev–Trinajstić information content (AvgIpc) is 3.17. The third-order valence-corrected chi connectivity index (χ3v) is 6.09. The maximum atomic E-state index is 11.9. The fraction of sp³-hybridized carbons (Fsp3) is 0.400. The van der Waals surface area contributed by atoms with Crippen molar-refractivity contribution in [3.8, 4) is 0 Å². The molecule has 0 spiro atoms. The summed E-state index contributed by atoms with van der Waals surface area (Å²) in [5.74, 6) is 1.00. The van der Waals surface area contributed by atoms with Crippen LogP contribution in [0.1, 0.15) is 52.4 Å². The maximum Gasteiger partial charge on any atom is 0.337 e. The highest BCUT2D eigenvalue weighted by atomic mass is 16.5. The summed E-state index contributed by atoms with van der Waals surface area (Å²) in [6, 6.07) is 15.1. The van der Waals surface area contributed by atoms with Crippen molar-refractivity contribution in [1.82, 2.24) is 5.32 Å². The lowest BCUT2D eigenvalue weighted by atomic mass is 9.91. The topological polar surface area (TPSA) is 38.3 Å². The van der Waals surface area contributed by atoms with Crippen LogP contribution < -0.4 is 5.32 Å². The number of carbonyl (C=O) groups is 1. The van der Waals surface area contributed by atoms with Crippen LogP contribution in [0.25, 0.3) is 5.57 Å². The van der Waals surface area contributed by atoms with Crippen LogP contribution in [0.2, 0.25) is 0 Å². The Bertz CT molecular complexity index is 876. The third kappa shape index (κ3) is 4.05. The fourth-order valence-corrected chi connectivity index (χ4v) is 4.44. The number of methoxy groups -OCH3 is 1. The van der Waals surface area contributed by atoms with Gasteiger partial charge in [0.2, 0.25) is 0 Å². The van der Waals surface area contributed by atoms with Crippen LogP contribution >= 0.6 is 0 Å². The quantitative estimate of drug-likeness (QED) is 0.791. The van der Waals surface area contributed by atoms with Gasteiger partial charge in [-0.3, -0.25) is 0 Å². The number of nitrogens with one attached hydrogen (secondary N) is 1. The van der Waals surface area contributed by atoms with E-state index in [1.165, 1.54) is 41.4 Å². The van der Waals surface area contributed by atoms with Gasteiger partial charge in [0.1, 0.15) is 0 Å². The number of hydrogen-bond acceptors (Lipinski definition) is 3. The second-order valence-electron chi connectivity index (χ2n) is 8.22. The zero-order valence-electron chi connectivity index (χ0n) is 16.8. The Balaban J connectivity index is 1.63. The molecule has 146 valence electrons. The van der Waals surface area contributed by atoms with E-state index < -0.39 is 0 Å². The molecule has 0 saturated carbocycles. The van der Waals surface area contributed by atoms with Crippen molar-refractivity contribution < 1.29 is 9.53 Å². The molecule has 0 amide bonds. The molecule has 2 aromatic carbocycles. The van der Waals surface area contributed by atoms with Crippen LogP contribution in [0.5, 0.6) is 0 Å². The van der Waals surface area contributed by atoms with Gasteiger partial charge in [-0.05, 0) is 90.6 Å². The Kier molecular flexibility index (Phi) is 5.63. The first-order valence-corrected chi connectivity index (χ1v) is 10.4. The largest absolute Gasteiger partial charge is 0.465 e. The number of carbonyl (C=O) groups excluding carboxylic acids is 1. The van der Waals surface area contributed by atoms with Crippen LogP contribution in [0.3, 0.4) is 0 Å². The lowest BCUT2D eigenvalue weighted by Crippen LogP contribution is -2.10. The van der Waals surface area contributed by atoms with Crippen molar-refractivity contribution >= 4 is 11.5 Å². The van der Waals surface area contributed by atoms with Crippen molar-refractivity contribution in [2.75, 3.05) is 20.2 Å². The fourth-order valence-electron chi connectivity index (χ4n) is 4.44. The number of aryl methyl sites for hydroxylation is 1. The third-order valence-electron chi connectivity index (χ3n) is 6.09. The van der Waals surface area contributed by atoms with Crippen LogP contribution in [-0.4, -0.2) is 26.2 Å². The van der Waals surface area contributed by atoms with Gasteiger partial charge >= 0.3 is 5.97 Å². The number of hydrogen-bond donors (Lipinski definition) is 1. The monoisotopic (exact) mass is 375 g/mol. The minimum atomic E-state index is -0.267. The van der Waals surface area contributed by atoms with E-state index in [2.05, 4.69) is 48.6 Å². The number of ether oxygens (including phenoxy) is 1. The Morgan fingerprint density at radius 3 is 2.68 bits per heavy atom. The van der Waals surface area contributed by atoms with E-state index in [4.69, 9.17) is 4.74 Å². The molecule has 2 aliphatic rings. The van der Waals surface area contributed by atoms with Gasteiger partial charge in [-0.25, -0.2) is 4.79 Å². The molecule has 0 radical (unpaired) electrons. The smallest absolute Gasteiger partial charge is 0.337 e. The molecule has 4 rings (SSSR count). The first kappa shape index (κ1) is 18.9. The van der Waals surface area contributed by atoms with Gasteiger partial charge in [-0.15, -0.1) is 0 Å². The summed E-state index contributed by atoms with van der Waals surface area (Å²) in [6.45, 7) is 4.56. The first-order chi connectivity index (χ1) is 13.6. The van der Waals surface area contributed by atoms with Gasteiger partial charge < -0.3 is 10.1 Å². The summed E-state index contributed by atoms with van der Waals surface area (Å²) in [7, 11) is 1.44. The number of allylic oxidation sites excluding steroid dienone is 1. The van der Waals surface area contributed by atoms with Crippen LogP contribution in [0.4, 0.5) is 0 Å². The van der Waals surface area contributed by atoms with Crippen LogP contribution in [0.15, 0.2) is 48.5 Å². The molecule has 1 N–H and O–H groups in total. The molecule has 0 aromatic heterocycles. The van der Waals surface area contributed by atoms with Crippen molar-refractivity contribution in [2.24, 2.45) is 11.8 Å². The molecule has 1 saturated heterocycles. The summed E-state index contributed by atoms with van der Waals surface area (Å²) in [5.41, 5.74) is 7.07. The Labute approximate surface area is 167 Å². The Morgan fingerprint density at radius 2 is 1.96 bits per heavy atom. The predicted molar refractivity (Wildman–Crippen MR) is 113 cm³/mol. The number of rotatable bonds is 4. The molecular weight excluding hydrogens is 346 g/mol. The molecule has 1 aliphatic carbocycles. The van der Waals surface area contributed by atoms with Gasteiger partial charge in [0.25, 0.3) is 0 Å². The molecule has 1 heterocycles. The standard InChI is InChI=1S/C25H29NO2/c1-17-3-6-21-15-22(25(27)28-2)9-10-23(21)24(13-17)20-7-4-18(5-8-20)14-19-11-12-26-16-19/h4-5,7-10,13,15,17,19,26H,3,6,11-12,14,16H2,1-2H3. The minimum Gasteiger partial charge on any atom is -0.465 e. The van der Waals surface area contributed by atoms with Crippen LogP contribution in [0, 0.1) is 11.8 Å². The van der Waals surface area contributed by atoms with E-state index >= 15 is 0 Å². The molecule has 3 heteroatoms. The van der Waals surface area contributed by atoms with E-state index in [0.717, 1.165) is 38.3 Å². The van der Waals surface area contributed by atoms with Crippen molar-refractivity contribution in [3.05, 3.63) is 76.4 Å². The van der Waals surface area contributed by atoms with E-state index in [1.54, 1.807) is 0 Å². The number of fused-ring (bicyclic) bond motifs is 1. The maximum absolute atomic E-state index is 11.9.